The molecule has 0 aromatic heterocycles. The third kappa shape index (κ3) is 4.52. The molecule has 33 heavy (non-hydrogen) atoms. The highest BCUT2D eigenvalue weighted by atomic mass is 19.1. The quantitative estimate of drug-likeness (QED) is 0.713. The molecule has 2 N–H and O–H groups in total. The molecule has 0 radical (unpaired) electrons. The Morgan fingerprint density at radius 2 is 1.94 bits per heavy atom. The van der Waals surface area contributed by atoms with Crippen LogP contribution >= 0.6 is 0 Å². The van der Waals surface area contributed by atoms with Crippen LogP contribution in [-0.4, -0.2) is 42.3 Å². The number of nitrogens with one attached hydrogen (secondary N) is 2. The van der Waals surface area contributed by atoms with Gasteiger partial charge in [0.15, 0.2) is 0 Å². The molecule has 3 atom stereocenters. The van der Waals surface area contributed by atoms with Crippen LogP contribution in [0.15, 0.2) is 53.5 Å². The Bertz CT molecular complexity index is 1050. The molecular formula is C26H33FN4O2. The first-order valence-electron chi connectivity index (χ1n) is 11.5. The number of benzene rings is 2. The number of amides is 1. The van der Waals surface area contributed by atoms with E-state index in [9.17, 15) is 9.18 Å². The molecule has 0 bridgehead atoms. The van der Waals surface area contributed by atoms with Gasteiger partial charge in [-0.25, -0.2) is 19.7 Å². The maximum atomic E-state index is 14.1. The minimum Gasteiger partial charge on any atom is -0.331 e. The second kappa shape index (κ2) is 8.88. The van der Waals surface area contributed by atoms with Crippen LogP contribution in [0.1, 0.15) is 46.1 Å². The lowest BCUT2D eigenvalue weighted by atomic mass is 9.86. The van der Waals surface area contributed by atoms with E-state index >= 15 is 0 Å². The highest BCUT2D eigenvalue weighted by Gasteiger charge is 2.43. The van der Waals surface area contributed by atoms with Crippen LogP contribution in [0.2, 0.25) is 0 Å². The molecule has 0 saturated carbocycles. The van der Waals surface area contributed by atoms with Crippen LogP contribution in [0.5, 0.6) is 0 Å². The Morgan fingerprint density at radius 1 is 1.24 bits per heavy atom. The van der Waals surface area contributed by atoms with Crippen molar-refractivity contribution in [3.8, 4) is 11.1 Å². The highest BCUT2D eigenvalue weighted by Crippen LogP contribution is 2.34. The van der Waals surface area contributed by atoms with E-state index in [1.807, 2.05) is 49.2 Å². The minimum atomic E-state index is -0.924. The second-order valence-corrected chi connectivity index (χ2v) is 10.0. The average Bonchev–Trinajstić information content (AvgIpc) is 3.41. The predicted molar refractivity (Wildman–Crippen MR) is 128 cm³/mol. The molecule has 0 aliphatic carbocycles. The number of hydrogen-bond acceptors (Lipinski definition) is 5. The molecule has 1 amide bonds. The van der Waals surface area contributed by atoms with Gasteiger partial charge in [0.2, 0.25) is 11.6 Å². The van der Waals surface area contributed by atoms with Gasteiger partial charge in [-0.2, -0.15) is 0 Å². The Morgan fingerprint density at radius 3 is 2.58 bits per heavy atom. The van der Waals surface area contributed by atoms with Crippen LogP contribution in [-0.2, 0) is 15.4 Å². The molecule has 2 aliphatic heterocycles. The Kier molecular flexibility index (Phi) is 6.29. The number of hydrogen-bond donors (Lipinski definition) is 2. The highest BCUT2D eigenvalue weighted by molar-refractivity contribution is 5.94. The molecule has 1 fully saturated rings. The average molecular weight is 453 g/mol. The van der Waals surface area contributed by atoms with Crippen molar-refractivity contribution in [1.82, 2.24) is 15.7 Å². The zero-order chi connectivity index (χ0) is 23.8. The van der Waals surface area contributed by atoms with Gasteiger partial charge in [-0.3, -0.25) is 4.79 Å². The fraction of sp³-hybridized carbons (Fsp3) is 0.462. The Balaban J connectivity index is 1.55. The summed E-state index contributed by atoms with van der Waals surface area (Å²) in [7, 11) is 1.83. The van der Waals surface area contributed by atoms with Crippen molar-refractivity contribution < 1.29 is 14.0 Å². The molecule has 4 rings (SSSR count). The topological polar surface area (TPSA) is 66.0 Å². The zero-order valence-corrected chi connectivity index (χ0v) is 20.0. The molecule has 176 valence electrons. The summed E-state index contributed by atoms with van der Waals surface area (Å²) in [6, 6.07) is 13.9. The van der Waals surface area contributed by atoms with E-state index in [0.717, 1.165) is 24.0 Å². The third-order valence-electron chi connectivity index (χ3n) is 6.55. The summed E-state index contributed by atoms with van der Waals surface area (Å²) >= 11 is 0. The number of nitrogens with zero attached hydrogens (tertiary/aromatic N) is 2. The molecule has 2 aliphatic rings. The molecule has 0 spiro atoms. The standard InChI is InChI=1S/C26H33FN4O2/c1-25(2,3)22(28-5)24(32)31-16-8-11-21(31)23-29-26(4,33-30-23)18-14-12-17(13-15-18)19-9-6-7-10-20(19)27/h6-7,9-10,12-15,21-22,28H,8,11,16H2,1-5H3,(H,29,30)/t21-,22+,26?/m0/s1. The smallest absolute Gasteiger partial charge is 0.240 e. The molecule has 1 unspecified atom stereocenters. The first-order valence-corrected chi connectivity index (χ1v) is 11.5. The number of likely N-dealkylation sites (N-methyl/N-ethyl adjacent to an activating group) is 1. The summed E-state index contributed by atoms with van der Waals surface area (Å²) in [6.07, 6.45) is 1.76. The lowest BCUT2D eigenvalue weighted by molar-refractivity contribution is -0.135. The van der Waals surface area contributed by atoms with E-state index in [0.29, 0.717) is 17.9 Å². The van der Waals surface area contributed by atoms with Gasteiger partial charge in [0.25, 0.3) is 0 Å². The number of rotatable bonds is 5. The summed E-state index contributed by atoms with van der Waals surface area (Å²) in [5.41, 5.74) is 4.08. The van der Waals surface area contributed by atoms with Crippen LogP contribution in [0, 0.1) is 11.2 Å². The number of carbonyl (C=O) groups is 1. The number of aliphatic imine (C=N–C) groups is 1. The number of carbonyl (C=O) groups excluding carboxylic acids is 1. The third-order valence-corrected chi connectivity index (χ3v) is 6.55. The van der Waals surface area contributed by atoms with Crippen LogP contribution in [0.3, 0.4) is 0 Å². The van der Waals surface area contributed by atoms with E-state index in [-0.39, 0.29) is 29.2 Å². The van der Waals surface area contributed by atoms with Gasteiger partial charge < -0.3 is 10.2 Å². The molecule has 2 heterocycles. The van der Waals surface area contributed by atoms with Gasteiger partial charge in [0.1, 0.15) is 11.7 Å². The summed E-state index contributed by atoms with van der Waals surface area (Å²) < 4.78 is 14.1. The van der Waals surface area contributed by atoms with Gasteiger partial charge in [-0.05, 0) is 43.9 Å². The first-order chi connectivity index (χ1) is 15.6. The number of likely N-dealkylation sites (tertiary alicyclic amines) is 1. The molecule has 2 aromatic rings. The monoisotopic (exact) mass is 452 g/mol. The fourth-order valence-corrected chi connectivity index (χ4v) is 4.76. The van der Waals surface area contributed by atoms with Gasteiger partial charge in [-0.15, -0.1) is 0 Å². The Hall–Kier alpha value is -2.77. The summed E-state index contributed by atoms with van der Waals surface area (Å²) in [5, 5.41) is 3.19. The zero-order valence-electron chi connectivity index (χ0n) is 20.0. The van der Waals surface area contributed by atoms with Crippen molar-refractivity contribution in [3.63, 3.8) is 0 Å². The van der Waals surface area contributed by atoms with Gasteiger partial charge in [-0.1, -0.05) is 63.2 Å². The molecular weight excluding hydrogens is 419 g/mol. The second-order valence-electron chi connectivity index (χ2n) is 10.0. The van der Waals surface area contributed by atoms with Crippen molar-refractivity contribution in [1.29, 1.82) is 0 Å². The van der Waals surface area contributed by atoms with Crippen LogP contribution < -0.4 is 10.8 Å². The lowest BCUT2D eigenvalue weighted by Crippen LogP contribution is -2.55. The van der Waals surface area contributed by atoms with Gasteiger partial charge >= 0.3 is 0 Å². The number of halogens is 1. The van der Waals surface area contributed by atoms with Crippen molar-refractivity contribution in [3.05, 3.63) is 59.9 Å². The largest absolute Gasteiger partial charge is 0.331 e. The normalized spacial score (nSPS) is 23.9. The van der Waals surface area contributed by atoms with Crippen molar-refractivity contribution in [2.24, 2.45) is 10.4 Å². The Labute approximate surface area is 195 Å². The van der Waals surface area contributed by atoms with Crippen LogP contribution in [0.25, 0.3) is 11.1 Å². The van der Waals surface area contributed by atoms with Gasteiger partial charge in [0, 0.05) is 17.7 Å². The van der Waals surface area contributed by atoms with Crippen molar-refractivity contribution in [2.45, 2.75) is 58.3 Å². The molecule has 2 aromatic carbocycles. The summed E-state index contributed by atoms with van der Waals surface area (Å²) in [6.45, 7) is 8.78. The van der Waals surface area contributed by atoms with E-state index in [1.54, 1.807) is 12.1 Å². The SMILES string of the molecule is CN[C@H](C(=O)N1CCC[C@H]1C1=NC(C)(c2ccc(-c3ccccc3F)cc2)ON1)C(C)(C)C. The van der Waals surface area contributed by atoms with E-state index in [2.05, 4.69) is 31.6 Å². The van der Waals surface area contributed by atoms with Crippen molar-refractivity contribution in [2.75, 3.05) is 13.6 Å². The minimum absolute atomic E-state index is 0.0832. The first kappa shape index (κ1) is 23.4. The number of hydroxylamine groups is 1. The van der Waals surface area contributed by atoms with Gasteiger partial charge in [0.05, 0.1) is 12.1 Å². The van der Waals surface area contributed by atoms with E-state index in [1.165, 1.54) is 6.07 Å². The predicted octanol–water partition coefficient (Wildman–Crippen LogP) is 4.22. The van der Waals surface area contributed by atoms with Crippen LogP contribution in [0.4, 0.5) is 4.39 Å². The van der Waals surface area contributed by atoms with E-state index in [4.69, 9.17) is 9.83 Å². The molecule has 1 saturated heterocycles. The number of amidine groups is 1. The summed E-state index contributed by atoms with van der Waals surface area (Å²) in [4.78, 5) is 26.0. The van der Waals surface area contributed by atoms with Crippen molar-refractivity contribution >= 4 is 11.7 Å². The maximum Gasteiger partial charge on any atom is 0.240 e. The van der Waals surface area contributed by atoms with E-state index < -0.39 is 5.72 Å². The molecule has 7 heteroatoms. The lowest BCUT2D eigenvalue weighted by Gasteiger charge is -2.35. The maximum absolute atomic E-state index is 14.1. The fourth-order valence-electron chi connectivity index (χ4n) is 4.76. The molecule has 6 nitrogen and oxygen atoms in total. The summed E-state index contributed by atoms with van der Waals surface area (Å²) in [5.74, 6) is 0.502.